The molecule has 0 bridgehead atoms. The van der Waals surface area contributed by atoms with Gasteiger partial charge in [0.25, 0.3) is 0 Å². The van der Waals surface area contributed by atoms with Gasteiger partial charge in [-0.1, -0.05) is 12.1 Å². The summed E-state index contributed by atoms with van der Waals surface area (Å²) < 4.78 is 62.9. The monoisotopic (exact) mass is 256 g/mol. The molecule has 2 nitrogen and oxygen atoms in total. The van der Waals surface area contributed by atoms with E-state index in [0.29, 0.717) is 0 Å². The van der Waals surface area contributed by atoms with Crippen LogP contribution in [-0.2, 0) is 0 Å². The van der Waals surface area contributed by atoms with E-state index in [1.807, 2.05) is 0 Å². The van der Waals surface area contributed by atoms with E-state index in [9.17, 15) is 17.6 Å². The number of para-hydroxylation sites is 2. The lowest BCUT2D eigenvalue weighted by molar-refractivity contribution is 0.298. The summed E-state index contributed by atoms with van der Waals surface area (Å²) in [6.45, 7) is 0. The molecule has 0 N–H and O–H groups in total. The number of ether oxygens (including phenoxy) is 2. The fourth-order valence-corrected chi connectivity index (χ4v) is 1.61. The highest BCUT2D eigenvalue weighted by Crippen LogP contribution is 2.48. The van der Waals surface area contributed by atoms with Crippen molar-refractivity contribution >= 4 is 0 Å². The second kappa shape index (κ2) is 3.63. The van der Waals surface area contributed by atoms with Crippen LogP contribution >= 0.6 is 0 Å². The van der Waals surface area contributed by atoms with Crippen molar-refractivity contribution in [2.45, 2.75) is 0 Å². The Morgan fingerprint density at radius 3 is 1.39 bits per heavy atom. The van der Waals surface area contributed by atoms with Crippen LogP contribution in [0.2, 0.25) is 0 Å². The third-order valence-corrected chi connectivity index (χ3v) is 2.46. The molecule has 0 saturated carbocycles. The van der Waals surface area contributed by atoms with Crippen LogP contribution in [0.25, 0.3) is 0 Å². The zero-order chi connectivity index (χ0) is 12.9. The SMILES string of the molecule is Fc1c(F)c(F)c2c(c1F)Oc1ccccc1O2. The van der Waals surface area contributed by atoms with Crippen molar-refractivity contribution in [2.24, 2.45) is 0 Å². The zero-order valence-electron chi connectivity index (χ0n) is 8.64. The highest BCUT2D eigenvalue weighted by Gasteiger charge is 2.32. The largest absolute Gasteiger partial charge is 0.446 e. The highest BCUT2D eigenvalue weighted by atomic mass is 19.2. The minimum Gasteiger partial charge on any atom is -0.446 e. The third kappa shape index (κ3) is 1.35. The number of hydrogen-bond donors (Lipinski definition) is 0. The first kappa shape index (κ1) is 10.9. The van der Waals surface area contributed by atoms with Gasteiger partial charge in [0.1, 0.15) is 0 Å². The predicted molar refractivity (Wildman–Crippen MR) is 52.9 cm³/mol. The Bertz CT molecular complexity index is 599. The molecule has 0 amide bonds. The van der Waals surface area contributed by atoms with Crippen molar-refractivity contribution in [1.82, 2.24) is 0 Å². The molecule has 0 radical (unpaired) electrons. The first-order chi connectivity index (χ1) is 8.59. The van der Waals surface area contributed by atoms with Crippen LogP contribution < -0.4 is 9.47 Å². The van der Waals surface area contributed by atoms with E-state index in [1.165, 1.54) is 12.1 Å². The Morgan fingerprint density at radius 2 is 1.00 bits per heavy atom. The van der Waals surface area contributed by atoms with E-state index in [1.54, 1.807) is 12.1 Å². The molecular weight excluding hydrogens is 252 g/mol. The van der Waals surface area contributed by atoms with Crippen LogP contribution in [0.3, 0.4) is 0 Å². The quantitative estimate of drug-likeness (QED) is 0.342. The molecule has 1 aliphatic rings. The Labute approximate surface area is 98.4 Å². The smallest absolute Gasteiger partial charge is 0.212 e. The zero-order valence-corrected chi connectivity index (χ0v) is 8.64. The molecule has 18 heavy (non-hydrogen) atoms. The van der Waals surface area contributed by atoms with Crippen molar-refractivity contribution in [3.05, 3.63) is 47.5 Å². The molecule has 3 rings (SSSR count). The number of halogens is 4. The van der Waals surface area contributed by atoms with Gasteiger partial charge in [-0.2, -0.15) is 8.78 Å². The molecule has 2 aromatic carbocycles. The van der Waals surface area contributed by atoms with Gasteiger partial charge in [0.05, 0.1) is 0 Å². The van der Waals surface area contributed by atoms with E-state index in [-0.39, 0.29) is 11.5 Å². The maximum absolute atomic E-state index is 13.4. The van der Waals surface area contributed by atoms with Crippen molar-refractivity contribution in [2.75, 3.05) is 0 Å². The van der Waals surface area contributed by atoms with Crippen LogP contribution in [0, 0.1) is 23.3 Å². The maximum Gasteiger partial charge on any atom is 0.212 e. The van der Waals surface area contributed by atoms with Gasteiger partial charge >= 0.3 is 0 Å². The predicted octanol–water partition coefficient (Wildman–Crippen LogP) is 4.14. The molecule has 2 aromatic rings. The molecule has 0 fully saturated rings. The van der Waals surface area contributed by atoms with Gasteiger partial charge < -0.3 is 9.47 Å². The molecule has 6 heteroatoms. The molecule has 92 valence electrons. The summed E-state index contributed by atoms with van der Waals surface area (Å²) >= 11 is 0. The summed E-state index contributed by atoms with van der Waals surface area (Å²) in [5.74, 6) is -8.54. The van der Waals surface area contributed by atoms with Crippen molar-refractivity contribution in [3.8, 4) is 23.0 Å². The van der Waals surface area contributed by atoms with Gasteiger partial charge in [-0.25, -0.2) is 8.78 Å². The van der Waals surface area contributed by atoms with E-state index >= 15 is 0 Å². The Hall–Kier alpha value is -2.24. The summed E-state index contributed by atoms with van der Waals surface area (Å²) in [4.78, 5) is 0. The fraction of sp³-hybridized carbons (Fsp3) is 0. The molecule has 0 unspecified atom stereocenters. The molecule has 0 aliphatic carbocycles. The van der Waals surface area contributed by atoms with Crippen LogP contribution in [0.1, 0.15) is 0 Å². The lowest BCUT2D eigenvalue weighted by Gasteiger charge is -2.21. The maximum atomic E-state index is 13.4. The average Bonchev–Trinajstić information content (AvgIpc) is 2.41. The minimum absolute atomic E-state index is 0.0920. The average molecular weight is 256 g/mol. The minimum atomic E-state index is -1.94. The molecule has 1 heterocycles. The van der Waals surface area contributed by atoms with Gasteiger partial charge in [-0.3, -0.25) is 0 Å². The highest BCUT2D eigenvalue weighted by molar-refractivity contribution is 5.55. The Kier molecular flexibility index (Phi) is 2.19. The van der Waals surface area contributed by atoms with E-state index < -0.39 is 34.8 Å². The van der Waals surface area contributed by atoms with Crippen LogP contribution in [-0.4, -0.2) is 0 Å². The summed E-state index contributed by atoms with van der Waals surface area (Å²) in [7, 11) is 0. The first-order valence-electron chi connectivity index (χ1n) is 4.90. The second-order valence-corrected chi connectivity index (χ2v) is 3.57. The molecule has 0 spiro atoms. The van der Waals surface area contributed by atoms with E-state index in [2.05, 4.69) is 0 Å². The molecule has 0 aromatic heterocycles. The summed E-state index contributed by atoms with van der Waals surface area (Å²) in [5, 5.41) is 0. The van der Waals surface area contributed by atoms with Crippen molar-refractivity contribution in [3.63, 3.8) is 0 Å². The fourth-order valence-electron chi connectivity index (χ4n) is 1.61. The normalized spacial score (nSPS) is 12.2. The topological polar surface area (TPSA) is 18.5 Å². The summed E-state index contributed by atoms with van der Waals surface area (Å²) in [5.41, 5.74) is 0. The molecular formula is C12H4F4O2. The van der Waals surface area contributed by atoms with Crippen LogP contribution in [0.4, 0.5) is 17.6 Å². The standard InChI is InChI=1S/C12H4F4O2/c13-7-8(14)10(16)12-11(9(7)15)17-5-3-1-2-4-6(5)18-12/h1-4H. The number of rotatable bonds is 0. The van der Waals surface area contributed by atoms with Gasteiger partial charge in [0.2, 0.25) is 34.8 Å². The van der Waals surface area contributed by atoms with Gasteiger partial charge in [-0.15, -0.1) is 0 Å². The number of benzene rings is 2. The van der Waals surface area contributed by atoms with E-state index in [4.69, 9.17) is 9.47 Å². The van der Waals surface area contributed by atoms with Crippen LogP contribution in [0.15, 0.2) is 24.3 Å². The van der Waals surface area contributed by atoms with Gasteiger partial charge in [-0.05, 0) is 12.1 Å². The number of hydrogen-bond acceptors (Lipinski definition) is 2. The Morgan fingerprint density at radius 1 is 0.611 bits per heavy atom. The Balaban J connectivity index is 2.25. The lowest BCUT2D eigenvalue weighted by Crippen LogP contribution is -2.07. The van der Waals surface area contributed by atoms with Crippen LogP contribution in [0.5, 0.6) is 23.0 Å². The summed E-state index contributed by atoms with van der Waals surface area (Å²) in [6.07, 6.45) is 0. The lowest BCUT2D eigenvalue weighted by atomic mass is 10.2. The molecule has 0 saturated heterocycles. The first-order valence-corrected chi connectivity index (χ1v) is 4.90. The molecule has 0 atom stereocenters. The third-order valence-electron chi connectivity index (χ3n) is 2.46. The van der Waals surface area contributed by atoms with Crippen molar-refractivity contribution < 1.29 is 27.0 Å². The number of fused-ring (bicyclic) bond motifs is 2. The van der Waals surface area contributed by atoms with Crippen molar-refractivity contribution in [1.29, 1.82) is 0 Å². The summed E-state index contributed by atoms with van der Waals surface area (Å²) in [6, 6.07) is 6.00. The van der Waals surface area contributed by atoms with Gasteiger partial charge in [0, 0.05) is 0 Å². The van der Waals surface area contributed by atoms with E-state index in [0.717, 1.165) is 0 Å². The second-order valence-electron chi connectivity index (χ2n) is 3.57. The molecule has 1 aliphatic heterocycles. The van der Waals surface area contributed by atoms with Gasteiger partial charge in [0.15, 0.2) is 11.5 Å².